The van der Waals surface area contributed by atoms with Crippen molar-refractivity contribution in [3.8, 4) is 11.5 Å². The average Bonchev–Trinajstić information content (AvgIpc) is 2.36. The van der Waals surface area contributed by atoms with E-state index in [9.17, 15) is 9.90 Å². The van der Waals surface area contributed by atoms with Crippen molar-refractivity contribution in [2.75, 3.05) is 13.7 Å². The van der Waals surface area contributed by atoms with Crippen molar-refractivity contribution >= 4 is 37.8 Å². The summed E-state index contributed by atoms with van der Waals surface area (Å²) in [6, 6.07) is 1.83. The van der Waals surface area contributed by atoms with E-state index in [-0.39, 0.29) is 17.1 Å². The molecular formula is C15H20Br2O4. The fourth-order valence-electron chi connectivity index (χ4n) is 2.14. The number of carbonyl (C=O) groups excluding carboxylic acids is 1. The first kappa shape index (κ1) is 18.3. The zero-order valence-corrected chi connectivity index (χ0v) is 15.8. The van der Waals surface area contributed by atoms with Gasteiger partial charge in [0.1, 0.15) is 0 Å². The largest absolute Gasteiger partial charge is 0.503 e. The van der Waals surface area contributed by atoms with E-state index in [4.69, 9.17) is 9.47 Å². The Labute approximate surface area is 142 Å². The SMILES string of the molecule is CCOC(=O)CC(C)(C)Cc1cc(Br)c(O)c(OC)c1Br. The molecule has 0 aliphatic rings. The van der Waals surface area contributed by atoms with Crippen LogP contribution in [0.3, 0.4) is 0 Å². The summed E-state index contributed by atoms with van der Waals surface area (Å²) in [5.74, 6) is 0.228. The van der Waals surface area contributed by atoms with E-state index in [1.54, 1.807) is 6.92 Å². The normalized spacial score (nSPS) is 11.3. The van der Waals surface area contributed by atoms with Gasteiger partial charge >= 0.3 is 5.97 Å². The van der Waals surface area contributed by atoms with E-state index in [0.29, 0.717) is 34.1 Å². The summed E-state index contributed by atoms with van der Waals surface area (Å²) in [6.45, 7) is 6.19. The molecule has 1 N–H and O–H groups in total. The number of phenols is 1. The number of rotatable bonds is 6. The minimum Gasteiger partial charge on any atom is -0.503 e. The molecule has 0 aliphatic carbocycles. The monoisotopic (exact) mass is 422 g/mol. The number of hydrogen-bond donors (Lipinski definition) is 1. The Balaban J connectivity index is 3.02. The van der Waals surface area contributed by atoms with Crippen LogP contribution in [0.15, 0.2) is 15.0 Å². The van der Waals surface area contributed by atoms with Gasteiger partial charge in [-0.15, -0.1) is 0 Å². The summed E-state index contributed by atoms with van der Waals surface area (Å²) >= 11 is 6.77. The summed E-state index contributed by atoms with van der Waals surface area (Å²) in [5.41, 5.74) is 0.682. The van der Waals surface area contributed by atoms with E-state index < -0.39 is 0 Å². The Morgan fingerprint density at radius 2 is 2.00 bits per heavy atom. The molecule has 0 unspecified atom stereocenters. The summed E-state index contributed by atoms with van der Waals surface area (Å²) < 4.78 is 11.5. The van der Waals surface area contributed by atoms with E-state index >= 15 is 0 Å². The molecule has 0 heterocycles. The molecule has 21 heavy (non-hydrogen) atoms. The third-order valence-corrected chi connectivity index (χ3v) is 4.50. The first-order chi connectivity index (χ1) is 9.71. The Morgan fingerprint density at radius 1 is 1.38 bits per heavy atom. The van der Waals surface area contributed by atoms with Gasteiger partial charge in [0.25, 0.3) is 0 Å². The van der Waals surface area contributed by atoms with Gasteiger partial charge in [0, 0.05) is 0 Å². The topological polar surface area (TPSA) is 55.8 Å². The number of benzene rings is 1. The molecule has 0 amide bonds. The van der Waals surface area contributed by atoms with Gasteiger partial charge in [-0.1, -0.05) is 13.8 Å². The van der Waals surface area contributed by atoms with Gasteiger partial charge < -0.3 is 14.6 Å². The number of carbonyl (C=O) groups is 1. The van der Waals surface area contributed by atoms with E-state index in [1.807, 2.05) is 19.9 Å². The van der Waals surface area contributed by atoms with Crippen LogP contribution in [-0.4, -0.2) is 24.8 Å². The quantitative estimate of drug-likeness (QED) is 0.686. The van der Waals surface area contributed by atoms with E-state index in [2.05, 4.69) is 31.9 Å². The highest BCUT2D eigenvalue weighted by Gasteiger charge is 2.26. The highest BCUT2D eigenvalue weighted by atomic mass is 79.9. The van der Waals surface area contributed by atoms with Crippen molar-refractivity contribution in [1.82, 2.24) is 0 Å². The van der Waals surface area contributed by atoms with Gasteiger partial charge in [0.2, 0.25) is 0 Å². The van der Waals surface area contributed by atoms with Crippen LogP contribution in [0.5, 0.6) is 11.5 Å². The smallest absolute Gasteiger partial charge is 0.306 e. The second-order valence-electron chi connectivity index (χ2n) is 5.54. The van der Waals surface area contributed by atoms with Crippen molar-refractivity contribution in [2.45, 2.75) is 33.6 Å². The maximum atomic E-state index is 11.7. The van der Waals surface area contributed by atoms with Crippen LogP contribution in [0.1, 0.15) is 32.8 Å². The Hall–Kier alpha value is -0.750. The minimum absolute atomic E-state index is 0.0522. The number of methoxy groups -OCH3 is 1. The molecule has 0 bridgehead atoms. The molecule has 1 aromatic carbocycles. The fourth-order valence-corrected chi connectivity index (χ4v) is 3.20. The van der Waals surface area contributed by atoms with Gasteiger partial charge in [0.15, 0.2) is 11.5 Å². The highest BCUT2D eigenvalue weighted by Crippen LogP contribution is 2.44. The van der Waals surface area contributed by atoms with Crippen molar-refractivity contribution in [2.24, 2.45) is 5.41 Å². The van der Waals surface area contributed by atoms with Crippen molar-refractivity contribution in [3.63, 3.8) is 0 Å². The predicted octanol–water partition coefficient (Wildman–Crippen LogP) is 4.45. The Morgan fingerprint density at radius 3 is 2.52 bits per heavy atom. The summed E-state index contributed by atoms with van der Waals surface area (Å²) in [4.78, 5) is 11.7. The third kappa shape index (κ3) is 4.88. The molecule has 0 saturated carbocycles. The molecule has 0 atom stereocenters. The number of phenolic OH excluding ortho intramolecular Hbond substituents is 1. The predicted molar refractivity (Wildman–Crippen MR) is 88.8 cm³/mol. The lowest BCUT2D eigenvalue weighted by Crippen LogP contribution is -2.21. The summed E-state index contributed by atoms with van der Waals surface area (Å²) in [6.07, 6.45) is 0.968. The van der Waals surface area contributed by atoms with E-state index in [0.717, 1.165) is 5.56 Å². The number of halogens is 2. The molecular weight excluding hydrogens is 404 g/mol. The third-order valence-electron chi connectivity index (χ3n) is 3.02. The molecule has 0 fully saturated rings. The molecule has 0 spiro atoms. The standard InChI is InChI=1S/C15H20Br2O4/c1-5-21-11(18)8-15(2,3)7-9-6-10(16)13(19)14(20-4)12(9)17/h6,19H,5,7-8H2,1-4H3. The molecule has 6 heteroatoms. The number of aromatic hydroxyl groups is 1. The van der Waals surface area contributed by atoms with Crippen LogP contribution in [-0.2, 0) is 16.0 Å². The van der Waals surface area contributed by atoms with Crippen molar-refractivity contribution in [1.29, 1.82) is 0 Å². The number of hydrogen-bond acceptors (Lipinski definition) is 4. The molecule has 0 aromatic heterocycles. The average molecular weight is 424 g/mol. The van der Waals surface area contributed by atoms with Gasteiger partial charge in [-0.25, -0.2) is 0 Å². The fraction of sp³-hybridized carbons (Fsp3) is 0.533. The Kier molecular flexibility index (Phi) is 6.53. The zero-order valence-electron chi connectivity index (χ0n) is 12.6. The van der Waals surface area contributed by atoms with Crippen LogP contribution in [0, 0.1) is 5.41 Å². The first-order valence-electron chi connectivity index (χ1n) is 6.61. The van der Waals surface area contributed by atoms with Crippen LogP contribution in [0.4, 0.5) is 0 Å². The van der Waals surface area contributed by atoms with Crippen molar-refractivity contribution < 1.29 is 19.4 Å². The van der Waals surface area contributed by atoms with Gasteiger partial charge in [-0.3, -0.25) is 4.79 Å². The van der Waals surface area contributed by atoms with Crippen LogP contribution >= 0.6 is 31.9 Å². The molecule has 1 rings (SSSR count). The molecule has 4 nitrogen and oxygen atoms in total. The molecule has 0 radical (unpaired) electrons. The van der Waals surface area contributed by atoms with Gasteiger partial charge in [-0.05, 0) is 62.2 Å². The molecule has 0 aliphatic heterocycles. The summed E-state index contributed by atoms with van der Waals surface area (Å²) in [5, 5.41) is 9.94. The second kappa shape index (κ2) is 7.49. The van der Waals surface area contributed by atoms with Crippen LogP contribution < -0.4 is 4.74 Å². The minimum atomic E-state index is -0.268. The van der Waals surface area contributed by atoms with Crippen LogP contribution in [0.2, 0.25) is 0 Å². The molecule has 1 aromatic rings. The maximum absolute atomic E-state index is 11.7. The van der Waals surface area contributed by atoms with Gasteiger partial charge in [-0.2, -0.15) is 0 Å². The zero-order chi connectivity index (χ0) is 16.2. The summed E-state index contributed by atoms with van der Waals surface area (Å²) in [7, 11) is 1.50. The first-order valence-corrected chi connectivity index (χ1v) is 8.20. The van der Waals surface area contributed by atoms with Crippen molar-refractivity contribution in [3.05, 3.63) is 20.6 Å². The molecule has 0 saturated heterocycles. The lowest BCUT2D eigenvalue weighted by Gasteiger charge is -2.25. The molecule has 118 valence electrons. The second-order valence-corrected chi connectivity index (χ2v) is 7.18. The van der Waals surface area contributed by atoms with E-state index in [1.165, 1.54) is 7.11 Å². The lowest BCUT2D eigenvalue weighted by molar-refractivity contribution is -0.145. The maximum Gasteiger partial charge on any atom is 0.306 e. The van der Waals surface area contributed by atoms with Crippen LogP contribution in [0.25, 0.3) is 0 Å². The Bertz CT molecular complexity index is 527. The highest BCUT2D eigenvalue weighted by molar-refractivity contribution is 9.11. The number of ether oxygens (including phenoxy) is 2. The van der Waals surface area contributed by atoms with Gasteiger partial charge in [0.05, 0.1) is 29.1 Å². The number of esters is 1. The lowest BCUT2D eigenvalue weighted by atomic mass is 9.82.